The van der Waals surface area contributed by atoms with Gasteiger partial charge in [0.2, 0.25) is 0 Å². The standard InChI is InChI=1S/C42H27NO/c1-2-9-26(10-3-1)31-21-17-27-20-24-34-32(22-18-28-19-23-33(31)39(27)40(28)34)29-11-8-12-30(25-29)43-37-15-6-4-13-35(37)42-41(43)36-14-5-7-16-38(36)44-42/h1-25,41-42H/i17D,18D,19D,20D,21D,22D,23D,24D. The topological polar surface area (TPSA) is 12.5 Å². The molecule has 0 aromatic heterocycles. The molecule has 0 radical (unpaired) electrons. The van der Waals surface area contributed by atoms with Gasteiger partial charge in [-0.15, -0.1) is 0 Å². The first kappa shape index (κ1) is 17.5. The predicted molar refractivity (Wildman–Crippen MR) is 182 cm³/mol. The van der Waals surface area contributed by atoms with E-state index in [1.807, 2.05) is 60.7 Å². The van der Waals surface area contributed by atoms with Gasteiger partial charge in [0.1, 0.15) is 11.8 Å². The molecule has 2 heteroatoms. The number of ether oxygens (including phenoxy) is 1. The molecule has 0 aliphatic carbocycles. The molecule has 0 saturated carbocycles. The molecule has 0 spiro atoms. The van der Waals surface area contributed by atoms with E-state index in [4.69, 9.17) is 7.48 Å². The van der Waals surface area contributed by atoms with Crippen LogP contribution in [0.5, 0.6) is 5.75 Å². The van der Waals surface area contributed by atoms with E-state index < -0.39 is 0 Å². The third-order valence-corrected chi connectivity index (χ3v) is 9.03. The Morgan fingerprint density at radius 2 is 1.16 bits per heavy atom. The van der Waals surface area contributed by atoms with Crippen molar-refractivity contribution in [3.8, 4) is 28.0 Å². The lowest BCUT2D eigenvalue weighted by Gasteiger charge is -2.27. The Kier molecular flexibility index (Phi) is 3.56. The van der Waals surface area contributed by atoms with Gasteiger partial charge in [-0.3, -0.25) is 0 Å². The quantitative estimate of drug-likeness (QED) is 0.196. The number of para-hydroxylation sites is 2. The van der Waals surface area contributed by atoms with Crippen LogP contribution in [0, 0.1) is 0 Å². The van der Waals surface area contributed by atoms with E-state index >= 15 is 0 Å². The second-order valence-electron chi connectivity index (χ2n) is 11.4. The summed E-state index contributed by atoms with van der Waals surface area (Å²) in [6, 6.07) is 30.6. The number of benzene rings is 8. The smallest absolute Gasteiger partial charge is 0.151 e. The third kappa shape index (κ3) is 3.25. The van der Waals surface area contributed by atoms with Gasteiger partial charge >= 0.3 is 0 Å². The third-order valence-electron chi connectivity index (χ3n) is 9.03. The van der Waals surface area contributed by atoms with E-state index in [1.165, 1.54) is 0 Å². The fourth-order valence-electron chi connectivity index (χ4n) is 7.14. The molecule has 0 N–H and O–H groups in total. The molecule has 2 atom stereocenters. The Morgan fingerprint density at radius 1 is 0.545 bits per heavy atom. The van der Waals surface area contributed by atoms with Crippen molar-refractivity contribution in [2.24, 2.45) is 0 Å². The summed E-state index contributed by atoms with van der Waals surface area (Å²) < 4.78 is 80.3. The van der Waals surface area contributed by atoms with Crippen LogP contribution in [0.25, 0.3) is 54.6 Å². The SMILES string of the molecule is [2H]c1c([2H])c2c([2H])c([2H])c3c(-c4cccc(N5c6ccccc6C6Oc7ccccc7C65)c4)c([2H])c([2H])c4c([2H])c([2H])c(c1-c1ccccc1)c2c43. The number of anilines is 2. The van der Waals surface area contributed by atoms with Gasteiger partial charge in [0.15, 0.2) is 6.10 Å². The summed E-state index contributed by atoms with van der Waals surface area (Å²) in [6.45, 7) is 0. The molecule has 44 heavy (non-hydrogen) atoms. The highest BCUT2D eigenvalue weighted by atomic mass is 16.5. The summed E-state index contributed by atoms with van der Waals surface area (Å²) in [5.74, 6) is 0.827. The highest BCUT2D eigenvalue weighted by Gasteiger charge is 2.47. The zero-order valence-corrected chi connectivity index (χ0v) is 23.3. The monoisotopic (exact) mass is 569 g/mol. The first-order chi connectivity index (χ1) is 25.2. The van der Waals surface area contributed by atoms with E-state index in [1.54, 1.807) is 24.3 Å². The average Bonchev–Trinajstić information content (AvgIpc) is 3.69. The molecule has 0 fully saturated rings. The van der Waals surface area contributed by atoms with Gasteiger partial charge in [0, 0.05) is 22.5 Å². The van der Waals surface area contributed by atoms with E-state index in [9.17, 15) is 8.22 Å². The van der Waals surface area contributed by atoms with Crippen molar-refractivity contribution in [3.63, 3.8) is 0 Å². The van der Waals surface area contributed by atoms with E-state index in [-0.39, 0.29) is 87.6 Å². The maximum atomic E-state index is 9.39. The number of fused-ring (bicyclic) bond motifs is 5. The average molecular weight is 570 g/mol. The second kappa shape index (κ2) is 8.95. The predicted octanol–water partition coefficient (Wildman–Crippen LogP) is 11.2. The van der Waals surface area contributed by atoms with Gasteiger partial charge in [-0.05, 0) is 78.8 Å². The maximum absolute atomic E-state index is 9.39. The van der Waals surface area contributed by atoms with Crippen molar-refractivity contribution in [2.75, 3.05) is 4.90 Å². The molecule has 206 valence electrons. The molecule has 10 rings (SSSR count). The molecule has 0 saturated heterocycles. The summed E-state index contributed by atoms with van der Waals surface area (Å²) in [5.41, 5.74) is 5.64. The lowest BCUT2D eigenvalue weighted by atomic mass is 9.87. The van der Waals surface area contributed by atoms with Crippen LogP contribution in [0.2, 0.25) is 0 Å². The van der Waals surface area contributed by atoms with Crippen LogP contribution in [-0.4, -0.2) is 0 Å². The maximum Gasteiger partial charge on any atom is 0.151 e. The van der Waals surface area contributed by atoms with Crippen molar-refractivity contribution in [2.45, 2.75) is 12.1 Å². The van der Waals surface area contributed by atoms with Crippen molar-refractivity contribution in [3.05, 3.63) is 163 Å². The normalized spacial score (nSPS) is 19.3. The highest BCUT2D eigenvalue weighted by Crippen LogP contribution is 2.58. The Bertz CT molecular complexity index is 2840. The van der Waals surface area contributed by atoms with Gasteiger partial charge in [0.05, 0.1) is 11.0 Å². The number of nitrogens with zero attached hydrogens (tertiary/aromatic N) is 1. The Labute approximate surface area is 267 Å². The van der Waals surface area contributed by atoms with E-state index in [0.717, 1.165) is 28.3 Å². The van der Waals surface area contributed by atoms with Crippen LogP contribution < -0.4 is 9.64 Å². The van der Waals surface area contributed by atoms with Crippen molar-refractivity contribution >= 4 is 43.7 Å². The zero-order chi connectivity index (χ0) is 35.7. The van der Waals surface area contributed by atoms with Crippen LogP contribution in [-0.2, 0) is 0 Å². The fourth-order valence-corrected chi connectivity index (χ4v) is 7.14. The highest BCUT2D eigenvalue weighted by molar-refractivity contribution is 6.27. The summed E-state index contributed by atoms with van der Waals surface area (Å²) >= 11 is 0. The minimum atomic E-state index is -0.292. The molecule has 0 bridgehead atoms. The lowest BCUT2D eigenvalue weighted by molar-refractivity contribution is 0.223. The molecule has 2 nitrogen and oxygen atoms in total. The van der Waals surface area contributed by atoms with Crippen LogP contribution >= 0.6 is 0 Å². The molecule has 2 aliphatic rings. The number of hydrogen-bond acceptors (Lipinski definition) is 2. The number of rotatable bonds is 3. The molecular weight excluding hydrogens is 534 g/mol. The summed E-state index contributed by atoms with van der Waals surface area (Å²) in [5, 5.41) is 1.11. The molecule has 2 aliphatic heterocycles. The van der Waals surface area contributed by atoms with Gasteiger partial charge in [0.25, 0.3) is 0 Å². The zero-order valence-electron chi connectivity index (χ0n) is 31.3. The van der Waals surface area contributed by atoms with Crippen LogP contribution in [0.4, 0.5) is 11.4 Å². The number of hydrogen-bond donors (Lipinski definition) is 0. The largest absolute Gasteiger partial charge is 0.483 e. The van der Waals surface area contributed by atoms with Crippen molar-refractivity contribution < 1.29 is 15.7 Å². The Balaban J connectivity index is 1.30. The second-order valence-corrected chi connectivity index (χ2v) is 11.4. The molecule has 2 unspecified atom stereocenters. The van der Waals surface area contributed by atoms with Crippen molar-refractivity contribution in [1.29, 1.82) is 0 Å². The summed E-state index contributed by atoms with van der Waals surface area (Å²) in [7, 11) is 0. The first-order valence-electron chi connectivity index (χ1n) is 18.7. The van der Waals surface area contributed by atoms with E-state index in [2.05, 4.69) is 23.1 Å². The van der Waals surface area contributed by atoms with E-state index in [0.29, 0.717) is 27.5 Å². The first-order valence-corrected chi connectivity index (χ1v) is 14.7. The summed E-state index contributed by atoms with van der Waals surface area (Å²) in [4.78, 5) is 2.23. The van der Waals surface area contributed by atoms with Gasteiger partial charge in [-0.1, -0.05) is 127 Å². The van der Waals surface area contributed by atoms with Crippen LogP contribution in [0.1, 0.15) is 34.2 Å². The Hall–Kier alpha value is -5.60. The summed E-state index contributed by atoms with van der Waals surface area (Å²) in [6.07, 6.45) is -0.224. The van der Waals surface area contributed by atoms with Gasteiger partial charge < -0.3 is 9.64 Å². The van der Waals surface area contributed by atoms with Crippen LogP contribution in [0.3, 0.4) is 0 Å². The van der Waals surface area contributed by atoms with Gasteiger partial charge in [-0.2, -0.15) is 0 Å². The molecule has 8 aromatic rings. The minimum Gasteiger partial charge on any atom is -0.483 e. The minimum absolute atomic E-state index is 0.0306. The molecular formula is C42H27NO. The Morgan fingerprint density at radius 3 is 1.93 bits per heavy atom. The fraction of sp³-hybridized carbons (Fsp3) is 0.0476. The molecule has 0 amide bonds. The molecule has 8 aromatic carbocycles. The molecule has 2 heterocycles. The lowest BCUT2D eigenvalue weighted by Crippen LogP contribution is -2.20. The van der Waals surface area contributed by atoms with Crippen LogP contribution in [0.15, 0.2) is 151 Å². The van der Waals surface area contributed by atoms with Crippen molar-refractivity contribution in [1.82, 2.24) is 0 Å². The van der Waals surface area contributed by atoms with Gasteiger partial charge in [-0.25, -0.2) is 0 Å².